The van der Waals surface area contributed by atoms with Crippen molar-refractivity contribution < 1.29 is 4.79 Å². The van der Waals surface area contributed by atoms with Crippen molar-refractivity contribution in [3.63, 3.8) is 0 Å². The lowest BCUT2D eigenvalue weighted by Crippen LogP contribution is -2.42. The average molecular weight is 223 g/mol. The minimum absolute atomic E-state index is 0.0826. The van der Waals surface area contributed by atoms with Gasteiger partial charge < -0.3 is 5.32 Å². The summed E-state index contributed by atoms with van der Waals surface area (Å²) >= 11 is 0. The molecule has 1 unspecified atom stereocenters. The summed E-state index contributed by atoms with van der Waals surface area (Å²) in [5.74, 6) is 0.0826. The molecule has 1 fully saturated rings. The fourth-order valence-electron chi connectivity index (χ4n) is 1.63. The molecule has 1 saturated carbocycles. The van der Waals surface area contributed by atoms with Gasteiger partial charge in [-0.25, -0.2) is 0 Å². The van der Waals surface area contributed by atoms with E-state index < -0.39 is 0 Å². The first kappa shape index (κ1) is 13.0. The molecular formula is C12H21N3O. The van der Waals surface area contributed by atoms with Crippen LogP contribution in [0.3, 0.4) is 0 Å². The molecule has 4 heteroatoms. The lowest BCUT2D eigenvalue weighted by atomic mass is 10.2. The Balaban J connectivity index is 2.30. The smallest absolute Gasteiger partial charge is 0.234 e. The maximum absolute atomic E-state index is 11.7. The van der Waals surface area contributed by atoms with Gasteiger partial charge in [0.25, 0.3) is 0 Å². The molecule has 1 atom stereocenters. The van der Waals surface area contributed by atoms with E-state index in [9.17, 15) is 4.79 Å². The van der Waals surface area contributed by atoms with Gasteiger partial charge in [0, 0.05) is 25.0 Å². The van der Waals surface area contributed by atoms with Gasteiger partial charge in [-0.3, -0.25) is 9.69 Å². The summed E-state index contributed by atoms with van der Waals surface area (Å²) in [6.07, 6.45) is 3.80. The van der Waals surface area contributed by atoms with Gasteiger partial charge in [0.2, 0.25) is 5.91 Å². The van der Waals surface area contributed by atoms with Crippen molar-refractivity contribution in [2.45, 2.75) is 51.6 Å². The number of nitrogens with zero attached hydrogens (tertiary/aromatic N) is 2. The minimum Gasteiger partial charge on any atom is -0.353 e. The highest BCUT2D eigenvalue weighted by atomic mass is 16.2. The number of carbonyl (C=O) groups excluding carboxylic acids is 1. The molecule has 0 aromatic heterocycles. The monoisotopic (exact) mass is 223 g/mol. The molecule has 0 heterocycles. The average Bonchev–Trinajstić information content (AvgIpc) is 3.07. The summed E-state index contributed by atoms with van der Waals surface area (Å²) in [6.45, 7) is 5.22. The molecule has 1 aliphatic carbocycles. The molecule has 1 rings (SSSR count). The van der Waals surface area contributed by atoms with Crippen LogP contribution < -0.4 is 5.32 Å². The topological polar surface area (TPSA) is 56.1 Å². The first-order valence-electron chi connectivity index (χ1n) is 6.07. The number of nitriles is 1. The van der Waals surface area contributed by atoms with Crippen molar-refractivity contribution in [1.82, 2.24) is 10.2 Å². The first-order valence-corrected chi connectivity index (χ1v) is 6.07. The Bertz CT molecular complexity index is 268. The molecule has 0 spiro atoms. The number of amides is 1. The minimum atomic E-state index is 0.0826. The third kappa shape index (κ3) is 4.63. The zero-order valence-corrected chi connectivity index (χ0v) is 10.2. The number of rotatable bonds is 7. The number of carbonyl (C=O) groups is 1. The summed E-state index contributed by atoms with van der Waals surface area (Å²) in [6, 6.07) is 2.91. The lowest BCUT2D eigenvalue weighted by Gasteiger charge is -2.21. The van der Waals surface area contributed by atoms with E-state index in [0.717, 1.165) is 13.0 Å². The largest absolute Gasteiger partial charge is 0.353 e. The summed E-state index contributed by atoms with van der Waals surface area (Å²) in [7, 11) is 0. The summed E-state index contributed by atoms with van der Waals surface area (Å²) < 4.78 is 0. The van der Waals surface area contributed by atoms with E-state index in [4.69, 9.17) is 5.26 Å². The Morgan fingerprint density at radius 2 is 2.31 bits per heavy atom. The van der Waals surface area contributed by atoms with E-state index in [2.05, 4.69) is 23.2 Å². The van der Waals surface area contributed by atoms with E-state index in [-0.39, 0.29) is 11.9 Å². The first-order chi connectivity index (χ1) is 7.67. The Labute approximate surface area is 97.6 Å². The van der Waals surface area contributed by atoms with Crippen molar-refractivity contribution >= 4 is 5.91 Å². The second-order valence-corrected chi connectivity index (χ2v) is 4.49. The second-order valence-electron chi connectivity index (χ2n) is 4.49. The van der Waals surface area contributed by atoms with E-state index in [1.807, 2.05) is 6.92 Å². The van der Waals surface area contributed by atoms with Crippen molar-refractivity contribution in [1.29, 1.82) is 5.26 Å². The second kappa shape index (κ2) is 6.49. The van der Waals surface area contributed by atoms with Gasteiger partial charge in [0.15, 0.2) is 0 Å². The van der Waals surface area contributed by atoms with Crippen LogP contribution in [0.5, 0.6) is 0 Å². The highest BCUT2D eigenvalue weighted by Gasteiger charge is 2.29. The summed E-state index contributed by atoms with van der Waals surface area (Å²) in [5.41, 5.74) is 0. The van der Waals surface area contributed by atoms with Crippen molar-refractivity contribution in [2.75, 3.05) is 13.1 Å². The third-order valence-corrected chi connectivity index (χ3v) is 2.94. The molecule has 0 aromatic rings. The van der Waals surface area contributed by atoms with Gasteiger partial charge in [-0.1, -0.05) is 6.92 Å². The van der Waals surface area contributed by atoms with Gasteiger partial charge in [-0.2, -0.15) is 5.26 Å². The van der Waals surface area contributed by atoms with Crippen molar-refractivity contribution in [2.24, 2.45) is 0 Å². The van der Waals surface area contributed by atoms with Gasteiger partial charge in [0.1, 0.15) is 0 Å². The Kier molecular flexibility index (Phi) is 5.27. The fraction of sp³-hybridized carbons (Fsp3) is 0.833. The van der Waals surface area contributed by atoms with Crippen LogP contribution in [0.15, 0.2) is 0 Å². The standard InChI is InChI=1S/C12H21N3O/c1-3-10(2)14-12(16)9-15(8-4-7-13)11-5-6-11/h10-11H,3-6,8-9H2,1-2H3,(H,14,16). The van der Waals surface area contributed by atoms with Crippen LogP contribution in [0.4, 0.5) is 0 Å². The molecule has 16 heavy (non-hydrogen) atoms. The van der Waals surface area contributed by atoms with Crippen LogP contribution in [-0.4, -0.2) is 36.0 Å². The van der Waals surface area contributed by atoms with Crippen molar-refractivity contribution in [3.8, 4) is 6.07 Å². The lowest BCUT2D eigenvalue weighted by molar-refractivity contribution is -0.123. The zero-order valence-electron chi connectivity index (χ0n) is 10.2. The maximum Gasteiger partial charge on any atom is 0.234 e. The van der Waals surface area contributed by atoms with Crippen molar-refractivity contribution in [3.05, 3.63) is 0 Å². The van der Waals surface area contributed by atoms with Crippen LogP contribution in [0.2, 0.25) is 0 Å². The highest BCUT2D eigenvalue weighted by Crippen LogP contribution is 2.26. The molecule has 0 aromatic carbocycles. The van der Waals surface area contributed by atoms with Crippen LogP contribution in [0.1, 0.15) is 39.5 Å². The molecule has 4 nitrogen and oxygen atoms in total. The number of nitrogens with one attached hydrogen (secondary N) is 1. The van der Waals surface area contributed by atoms with E-state index in [0.29, 0.717) is 19.0 Å². The molecule has 1 amide bonds. The van der Waals surface area contributed by atoms with Crippen LogP contribution in [-0.2, 0) is 4.79 Å². The van der Waals surface area contributed by atoms with Gasteiger partial charge in [-0.15, -0.1) is 0 Å². The predicted molar refractivity (Wildman–Crippen MR) is 62.7 cm³/mol. The van der Waals surface area contributed by atoms with Gasteiger partial charge in [-0.05, 0) is 26.2 Å². The third-order valence-electron chi connectivity index (χ3n) is 2.94. The summed E-state index contributed by atoms with van der Waals surface area (Å²) in [5, 5.41) is 11.5. The summed E-state index contributed by atoms with van der Waals surface area (Å²) in [4.78, 5) is 13.8. The highest BCUT2D eigenvalue weighted by molar-refractivity contribution is 5.78. The fourth-order valence-corrected chi connectivity index (χ4v) is 1.63. The molecule has 0 aliphatic heterocycles. The molecule has 0 bridgehead atoms. The Morgan fingerprint density at radius 3 is 2.81 bits per heavy atom. The molecule has 90 valence electrons. The predicted octanol–water partition coefficient (Wildman–Crippen LogP) is 1.28. The molecule has 0 saturated heterocycles. The normalized spacial score (nSPS) is 16.9. The quantitative estimate of drug-likeness (QED) is 0.707. The van der Waals surface area contributed by atoms with E-state index in [1.54, 1.807) is 0 Å². The molecular weight excluding hydrogens is 202 g/mol. The van der Waals surface area contributed by atoms with Gasteiger partial charge in [0.05, 0.1) is 12.6 Å². The molecule has 1 aliphatic rings. The van der Waals surface area contributed by atoms with Crippen LogP contribution >= 0.6 is 0 Å². The molecule has 0 radical (unpaired) electrons. The SMILES string of the molecule is CCC(C)NC(=O)CN(CCC#N)C1CC1. The Morgan fingerprint density at radius 1 is 1.62 bits per heavy atom. The number of hydrogen-bond acceptors (Lipinski definition) is 3. The number of hydrogen-bond donors (Lipinski definition) is 1. The van der Waals surface area contributed by atoms with Gasteiger partial charge >= 0.3 is 0 Å². The maximum atomic E-state index is 11.7. The van der Waals surface area contributed by atoms with Crippen LogP contribution in [0, 0.1) is 11.3 Å². The molecule has 1 N–H and O–H groups in total. The Hall–Kier alpha value is -1.08. The zero-order chi connectivity index (χ0) is 12.0. The van der Waals surface area contributed by atoms with E-state index >= 15 is 0 Å². The van der Waals surface area contributed by atoms with E-state index in [1.165, 1.54) is 12.8 Å². The van der Waals surface area contributed by atoms with Crippen LogP contribution in [0.25, 0.3) is 0 Å².